The molecular weight excluding hydrogens is 713 g/mol. The van der Waals surface area contributed by atoms with Crippen LogP contribution in [0.5, 0.6) is 0 Å². The SMILES string of the molecule is CC1(C)c2ccccc2-c2c(-c3nc(-c4ccccc4)nc(-c4cc(-n5c6ccccc6c6c7ccccc7ccc65)cc5c4sc4ccccc45)n3)cccc21. The van der Waals surface area contributed by atoms with Crippen molar-refractivity contribution in [3.8, 4) is 51.0 Å². The maximum absolute atomic E-state index is 5.48. The number of hydrogen-bond acceptors (Lipinski definition) is 4. The molecule has 0 radical (unpaired) electrons. The summed E-state index contributed by atoms with van der Waals surface area (Å²) in [6.45, 7) is 4.63. The zero-order valence-electron chi connectivity index (χ0n) is 31.4. The van der Waals surface area contributed by atoms with Gasteiger partial charge in [0.15, 0.2) is 17.5 Å². The average Bonchev–Trinajstić information content (AvgIpc) is 3.89. The van der Waals surface area contributed by atoms with E-state index in [1.165, 1.54) is 64.8 Å². The highest BCUT2D eigenvalue weighted by Crippen LogP contribution is 2.52. The summed E-state index contributed by atoms with van der Waals surface area (Å²) in [4.78, 5) is 16.1. The fourth-order valence-electron chi connectivity index (χ4n) is 9.40. The Morgan fingerprint density at radius 3 is 2.02 bits per heavy atom. The van der Waals surface area contributed by atoms with Crippen LogP contribution in [-0.4, -0.2) is 19.5 Å². The summed E-state index contributed by atoms with van der Waals surface area (Å²) in [5, 5.41) is 7.39. The quantitative estimate of drug-likeness (QED) is 0.180. The normalized spacial score (nSPS) is 13.2. The topological polar surface area (TPSA) is 43.6 Å². The molecule has 0 saturated heterocycles. The van der Waals surface area contributed by atoms with Crippen LogP contribution < -0.4 is 0 Å². The van der Waals surface area contributed by atoms with Gasteiger partial charge in [0.1, 0.15) is 0 Å². The van der Waals surface area contributed by atoms with Gasteiger partial charge in [0.2, 0.25) is 0 Å². The lowest BCUT2D eigenvalue weighted by atomic mass is 9.82. The lowest BCUT2D eigenvalue weighted by Gasteiger charge is -2.21. The molecule has 1 aliphatic carbocycles. The van der Waals surface area contributed by atoms with Crippen molar-refractivity contribution in [3.63, 3.8) is 0 Å². The first-order valence-electron chi connectivity index (χ1n) is 19.5. The molecule has 1 aliphatic rings. The van der Waals surface area contributed by atoms with Crippen LogP contribution in [0.25, 0.3) is 104 Å². The molecule has 3 aromatic heterocycles. The molecule has 0 saturated carbocycles. The van der Waals surface area contributed by atoms with E-state index in [2.05, 4.69) is 170 Å². The molecule has 4 nitrogen and oxygen atoms in total. The van der Waals surface area contributed by atoms with Crippen molar-refractivity contribution < 1.29 is 0 Å². The highest BCUT2D eigenvalue weighted by Gasteiger charge is 2.37. The van der Waals surface area contributed by atoms with Gasteiger partial charge in [-0.05, 0) is 63.4 Å². The monoisotopic (exact) mass is 746 g/mol. The first-order chi connectivity index (χ1) is 28.0. The minimum absolute atomic E-state index is 0.148. The van der Waals surface area contributed by atoms with Crippen molar-refractivity contribution in [1.82, 2.24) is 19.5 Å². The van der Waals surface area contributed by atoms with Crippen LogP contribution in [0.3, 0.4) is 0 Å². The summed E-state index contributed by atoms with van der Waals surface area (Å²) in [5.41, 5.74) is 11.3. The Bertz CT molecular complexity index is 3450. The van der Waals surface area contributed by atoms with Gasteiger partial charge in [0, 0.05) is 58.7 Å². The van der Waals surface area contributed by atoms with E-state index in [4.69, 9.17) is 15.0 Å². The molecule has 12 rings (SSSR count). The lowest BCUT2D eigenvalue weighted by molar-refractivity contribution is 0.660. The van der Waals surface area contributed by atoms with E-state index in [0.29, 0.717) is 17.5 Å². The van der Waals surface area contributed by atoms with Gasteiger partial charge in [-0.2, -0.15) is 0 Å². The highest BCUT2D eigenvalue weighted by molar-refractivity contribution is 7.26. The van der Waals surface area contributed by atoms with E-state index in [1.54, 1.807) is 11.3 Å². The van der Waals surface area contributed by atoms with E-state index in [0.717, 1.165) is 32.6 Å². The third kappa shape index (κ3) is 4.70. The van der Waals surface area contributed by atoms with Crippen LogP contribution in [0.4, 0.5) is 0 Å². The predicted molar refractivity (Wildman–Crippen MR) is 238 cm³/mol. The van der Waals surface area contributed by atoms with E-state index < -0.39 is 0 Å². The minimum Gasteiger partial charge on any atom is -0.309 e. The van der Waals surface area contributed by atoms with Crippen molar-refractivity contribution in [3.05, 3.63) is 181 Å². The average molecular weight is 747 g/mol. The summed E-state index contributed by atoms with van der Waals surface area (Å²) >= 11 is 1.80. The first kappa shape index (κ1) is 32.3. The van der Waals surface area contributed by atoms with Gasteiger partial charge in [-0.3, -0.25) is 0 Å². The molecular formula is C52H34N4S. The van der Waals surface area contributed by atoms with Crippen molar-refractivity contribution in [2.75, 3.05) is 0 Å². The standard InChI is InChI=1S/C52H34N4S/c1-52(2)41-23-11-8-20-36(41)46-38(22-14-24-42(46)52)50-53-49(32-16-4-3-5-17-32)54-51(55-50)40-30-33(29-39-35-19-10-13-26-45(35)57-48(39)40)56-43-25-12-9-21-37(43)47-34-18-7-6-15-31(34)27-28-44(47)56/h3-30H,1-2H3. The number of hydrogen-bond donors (Lipinski definition) is 0. The Hall–Kier alpha value is -6.95. The number of nitrogens with zero attached hydrogens (tertiary/aromatic N) is 4. The predicted octanol–water partition coefficient (Wildman–Crippen LogP) is 13.8. The molecule has 0 unspecified atom stereocenters. The van der Waals surface area contributed by atoms with Gasteiger partial charge in [-0.15, -0.1) is 11.3 Å². The Morgan fingerprint density at radius 1 is 0.474 bits per heavy atom. The Kier molecular flexibility index (Phi) is 6.82. The fraction of sp³-hybridized carbons (Fsp3) is 0.0577. The summed E-state index contributed by atoms with van der Waals surface area (Å²) in [7, 11) is 0. The summed E-state index contributed by atoms with van der Waals surface area (Å²) in [5.74, 6) is 1.99. The van der Waals surface area contributed by atoms with E-state index in [-0.39, 0.29) is 5.41 Å². The summed E-state index contributed by atoms with van der Waals surface area (Å²) in [6, 6.07) is 61.1. The molecule has 0 fully saturated rings. The summed E-state index contributed by atoms with van der Waals surface area (Å²) in [6.07, 6.45) is 0. The fourth-order valence-corrected chi connectivity index (χ4v) is 10.6. The molecule has 268 valence electrons. The zero-order chi connectivity index (χ0) is 37.8. The molecule has 0 aliphatic heterocycles. The van der Waals surface area contributed by atoms with Gasteiger partial charge in [0.25, 0.3) is 0 Å². The van der Waals surface area contributed by atoms with Crippen LogP contribution in [0.1, 0.15) is 25.0 Å². The van der Waals surface area contributed by atoms with Gasteiger partial charge in [0.05, 0.1) is 11.0 Å². The van der Waals surface area contributed by atoms with Gasteiger partial charge in [-0.1, -0.05) is 153 Å². The van der Waals surface area contributed by atoms with Crippen molar-refractivity contribution >= 4 is 64.1 Å². The van der Waals surface area contributed by atoms with E-state index in [1.807, 2.05) is 18.2 Å². The number of rotatable bonds is 4. The van der Waals surface area contributed by atoms with Crippen molar-refractivity contribution in [2.45, 2.75) is 19.3 Å². The van der Waals surface area contributed by atoms with Gasteiger partial charge in [-0.25, -0.2) is 15.0 Å². The first-order valence-corrected chi connectivity index (χ1v) is 20.3. The number of para-hydroxylation sites is 1. The number of aromatic nitrogens is 4. The smallest absolute Gasteiger partial charge is 0.165 e. The number of fused-ring (bicyclic) bond motifs is 11. The molecule has 0 amide bonds. The van der Waals surface area contributed by atoms with E-state index in [9.17, 15) is 0 Å². The molecule has 57 heavy (non-hydrogen) atoms. The number of benzene rings is 8. The summed E-state index contributed by atoms with van der Waals surface area (Å²) < 4.78 is 4.82. The zero-order valence-corrected chi connectivity index (χ0v) is 32.2. The maximum Gasteiger partial charge on any atom is 0.165 e. The lowest BCUT2D eigenvalue weighted by Crippen LogP contribution is -2.14. The Morgan fingerprint density at radius 2 is 1.14 bits per heavy atom. The molecule has 0 spiro atoms. The van der Waals surface area contributed by atoms with Crippen LogP contribution >= 0.6 is 11.3 Å². The minimum atomic E-state index is -0.148. The maximum atomic E-state index is 5.48. The van der Waals surface area contributed by atoms with Crippen LogP contribution in [0, 0.1) is 0 Å². The van der Waals surface area contributed by atoms with Crippen LogP contribution in [0.2, 0.25) is 0 Å². The molecule has 5 heteroatoms. The van der Waals surface area contributed by atoms with Crippen LogP contribution in [-0.2, 0) is 5.41 Å². The van der Waals surface area contributed by atoms with Gasteiger partial charge < -0.3 is 4.57 Å². The Balaban J connectivity index is 1.18. The van der Waals surface area contributed by atoms with Crippen molar-refractivity contribution in [2.24, 2.45) is 0 Å². The number of thiophene rings is 1. The molecule has 0 bridgehead atoms. The second-order valence-electron chi connectivity index (χ2n) is 15.6. The Labute approximate surface area is 333 Å². The van der Waals surface area contributed by atoms with E-state index >= 15 is 0 Å². The molecule has 8 aromatic carbocycles. The van der Waals surface area contributed by atoms with Crippen molar-refractivity contribution in [1.29, 1.82) is 0 Å². The largest absolute Gasteiger partial charge is 0.309 e. The molecule has 3 heterocycles. The molecule has 0 atom stereocenters. The molecule has 0 N–H and O–H groups in total. The molecule has 11 aromatic rings. The highest BCUT2D eigenvalue weighted by atomic mass is 32.1. The van der Waals surface area contributed by atoms with Crippen LogP contribution in [0.15, 0.2) is 170 Å². The second-order valence-corrected chi connectivity index (χ2v) is 16.6. The second kappa shape index (κ2) is 12.0. The van der Waals surface area contributed by atoms with Gasteiger partial charge >= 0.3 is 0 Å². The third-order valence-electron chi connectivity index (χ3n) is 12.0. The third-order valence-corrected chi connectivity index (χ3v) is 13.3.